The van der Waals surface area contributed by atoms with Gasteiger partial charge < -0.3 is 4.74 Å². The Kier molecular flexibility index (Phi) is 6.36. The van der Waals surface area contributed by atoms with E-state index in [0.29, 0.717) is 0 Å². The van der Waals surface area contributed by atoms with Crippen molar-refractivity contribution >= 4 is 5.97 Å². The first-order valence-electron chi connectivity index (χ1n) is 6.31. The number of hydrogen-bond acceptors (Lipinski definition) is 2. The number of carbonyl (C=O) groups is 1. The van der Waals surface area contributed by atoms with Gasteiger partial charge in [0.1, 0.15) is 0 Å². The molecule has 17 heteroatoms. The Morgan fingerprint density at radius 3 is 1.04 bits per heavy atom. The molecular formula is C11H7F15O2. The zero-order chi connectivity index (χ0) is 23.4. The standard InChI is InChI=1S/C11H7F15O2/c1-5(12,10(21,22)23)7(14,15)3(28-4(27)9(18,19)20)8(16,17)6(2,13)11(24,25)26/h3H,1-2H3. The van der Waals surface area contributed by atoms with E-state index in [1.165, 1.54) is 0 Å². The molecule has 0 amide bonds. The van der Waals surface area contributed by atoms with Gasteiger partial charge in [0.25, 0.3) is 11.3 Å². The van der Waals surface area contributed by atoms with Crippen molar-refractivity contribution in [3.05, 3.63) is 0 Å². The van der Waals surface area contributed by atoms with Crippen LogP contribution in [0.25, 0.3) is 0 Å². The fraction of sp³-hybridized carbons (Fsp3) is 0.909. The van der Waals surface area contributed by atoms with E-state index >= 15 is 0 Å². The fourth-order valence-corrected chi connectivity index (χ4v) is 1.42. The van der Waals surface area contributed by atoms with Gasteiger partial charge in [0.15, 0.2) is 0 Å². The van der Waals surface area contributed by atoms with E-state index < -0.39 is 67.6 Å². The van der Waals surface area contributed by atoms with Gasteiger partial charge in [0.2, 0.25) is 6.10 Å². The monoisotopic (exact) mass is 456 g/mol. The Bertz CT molecular complexity index is 542. The van der Waals surface area contributed by atoms with Crippen molar-refractivity contribution in [1.29, 1.82) is 0 Å². The highest BCUT2D eigenvalue weighted by atomic mass is 19.4. The molecule has 0 aromatic carbocycles. The molecule has 0 fully saturated rings. The van der Waals surface area contributed by atoms with Gasteiger partial charge in [0.05, 0.1) is 0 Å². The van der Waals surface area contributed by atoms with Crippen LogP contribution in [-0.2, 0) is 9.53 Å². The molecule has 0 heterocycles. The highest BCUT2D eigenvalue weighted by Crippen LogP contribution is 2.55. The van der Waals surface area contributed by atoms with Gasteiger partial charge in [-0.2, -0.15) is 57.1 Å². The molecule has 0 bridgehead atoms. The second-order valence-electron chi connectivity index (χ2n) is 5.53. The zero-order valence-corrected chi connectivity index (χ0v) is 13.1. The molecule has 0 aromatic rings. The largest absolute Gasteiger partial charge is 0.490 e. The molecular weight excluding hydrogens is 449 g/mol. The minimum Gasteiger partial charge on any atom is -0.442 e. The average molecular weight is 456 g/mol. The van der Waals surface area contributed by atoms with Gasteiger partial charge >= 0.3 is 36.3 Å². The lowest BCUT2D eigenvalue weighted by Crippen LogP contribution is -2.70. The van der Waals surface area contributed by atoms with E-state index in [-0.39, 0.29) is 0 Å². The van der Waals surface area contributed by atoms with Crippen LogP contribution in [0.3, 0.4) is 0 Å². The van der Waals surface area contributed by atoms with E-state index in [2.05, 4.69) is 4.74 Å². The van der Waals surface area contributed by atoms with Crippen LogP contribution < -0.4 is 0 Å². The molecule has 0 spiro atoms. The highest BCUT2D eigenvalue weighted by Gasteiger charge is 2.82. The molecule has 0 aliphatic carbocycles. The van der Waals surface area contributed by atoms with Crippen molar-refractivity contribution < 1.29 is 75.4 Å². The predicted octanol–water partition coefficient (Wildman–Crippen LogP) is 5.31. The summed E-state index contributed by atoms with van der Waals surface area (Å²) in [5.74, 6) is -18.2. The van der Waals surface area contributed by atoms with Crippen LogP contribution in [0.1, 0.15) is 13.8 Å². The Morgan fingerprint density at radius 1 is 0.607 bits per heavy atom. The molecule has 0 radical (unpaired) electrons. The summed E-state index contributed by atoms with van der Waals surface area (Å²) in [6.45, 7) is -2.47. The molecule has 0 saturated carbocycles. The summed E-state index contributed by atoms with van der Waals surface area (Å²) in [7, 11) is 0. The highest BCUT2D eigenvalue weighted by molar-refractivity contribution is 5.76. The molecule has 28 heavy (non-hydrogen) atoms. The van der Waals surface area contributed by atoms with Gasteiger partial charge in [-0.05, 0) is 13.8 Å². The molecule has 168 valence electrons. The van der Waals surface area contributed by atoms with Crippen molar-refractivity contribution in [3.8, 4) is 0 Å². The Morgan fingerprint density at radius 2 is 0.857 bits per heavy atom. The molecule has 0 aromatic heterocycles. The third-order valence-corrected chi connectivity index (χ3v) is 3.43. The van der Waals surface area contributed by atoms with Crippen molar-refractivity contribution in [3.63, 3.8) is 0 Å². The maximum atomic E-state index is 13.8. The minimum absolute atomic E-state index is 1.24. The lowest BCUT2D eigenvalue weighted by Gasteiger charge is -2.42. The third-order valence-electron chi connectivity index (χ3n) is 3.43. The molecule has 2 unspecified atom stereocenters. The number of ether oxygens (including phenoxy) is 1. The molecule has 0 aliphatic rings. The average Bonchev–Trinajstić information content (AvgIpc) is 2.39. The van der Waals surface area contributed by atoms with Gasteiger partial charge in [-0.3, -0.25) is 0 Å². The molecule has 2 atom stereocenters. The van der Waals surface area contributed by atoms with Crippen LogP contribution in [0.4, 0.5) is 65.9 Å². The van der Waals surface area contributed by atoms with Crippen molar-refractivity contribution in [1.82, 2.24) is 0 Å². The molecule has 0 aliphatic heterocycles. The molecule has 0 saturated heterocycles. The van der Waals surface area contributed by atoms with Crippen LogP contribution in [0.15, 0.2) is 0 Å². The summed E-state index contributed by atoms with van der Waals surface area (Å²) in [4.78, 5) is 10.5. The molecule has 0 N–H and O–H groups in total. The van der Waals surface area contributed by atoms with Crippen LogP contribution in [0.5, 0.6) is 0 Å². The lowest BCUT2D eigenvalue weighted by atomic mass is 9.84. The van der Waals surface area contributed by atoms with Gasteiger partial charge in [-0.25, -0.2) is 13.6 Å². The molecule has 0 rings (SSSR count). The number of carbonyl (C=O) groups excluding carboxylic acids is 1. The van der Waals surface area contributed by atoms with Crippen LogP contribution in [-0.4, -0.2) is 53.8 Å². The fourth-order valence-electron chi connectivity index (χ4n) is 1.42. The van der Waals surface area contributed by atoms with E-state index in [9.17, 15) is 70.7 Å². The number of esters is 1. The minimum atomic E-state index is -7.02. The summed E-state index contributed by atoms with van der Waals surface area (Å²) >= 11 is 0. The third kappa shape index (κ3) is 4.21. The SMILES string of the molecule is CC(F)(C(F)(F)F)C(F)(F)C(OC(=O)C(F)(F)F)C(F)(F)C(C)(F)C(F)(F)F. The number of rotatable bonds is 5. The second kappa shape index (κ2) is 6.74. The van der Waals surface area contributed by atoms with E-state index in [1.807, 2.05) is 0 Å². The van der Waals surface area contributed by atoms with Crippen molar-refractivity contribution in [2.75, 3.05) is 0 Å². The number of hydrogen-bond donors (Lipinski definition) is 0. The first-order chi connectivity index (χ1) is 11.8. The Hall–Kier alpha value is -1.58. The number of alkyl halides is 15. The van der Waals surface area contributed by atoms with Crippen molar-refractivity contribution in [2.45, 2.75) is 61.7 Å². The smallest absolute Gasteiger partial charge is 0.442 e. The first kappa shape index (κ1) is 26.4. The van der Waals surface area contributed by atoms with Crippen LogP contribution >= 0.6 is 0 Å². The summed E-state index contributed by atoms with van der Waals surface area (Å²) in [6, 6.07) is 0. The summed E-state index contributed by atoms with van der Waals surface area (Å²) in [5.41, 5.74) is -12.6. The predicted molar refractivity (Wildman–Crippen MR) is 57.0 cm³/mol. The topological polar surface area (TPSA) is 26.3 Å². The van der Waals surface area contributed by atoms with Crippen molar-refractivity contribution in [2.24, 2.45) is 0 Å². The van der Waals surface area contributed by atoms with E-state index in [1.54, 1.807) is 0 Å². The lowest BCUT2D eigenvalue weighted by molar-refractivity contribution is -0.373. The summed E-state index contributed by atoms with van der Waals surface area (Å²) < 4.78 is 195. The Labute approximate surface area is 144 Å². The quantitative estimate of drug-likeness (QED) is 0.414. The second-order valence-corrected chi connectivity index (χ2v) is 5.53. The molecule has 2 nitrogen and oxygen atoms in total. The summed E-state index contributed by atoms with van der Waals surface area (Å²) in [6.07, 6.45) is -26.1. The van der Waals surface area contributed by atoms with Gasteiger partial charge in [0, 0.05) is 0 Å². The zero-order valence-electron chi connectivity index (χ0n) is 13.1. The Balaban J connectivity index is 6.75. The maximum Gasteiger partial charge on any atom is 0.490 e. The van der Waals surface area contributed by atoms with Gasteiger partial charge in [-0.15, -0.1) is 0 Å². The van der Waals surface area contributed by atoms with E-state index in [0.717, 1.165) is 0 Å². The number of halogens is 15. The first-order valence-corrected chi connectivity index (χ1v) is 6.31. The van der Waals surface area contributed by atoms with Gasteiger partial charge in [-0.1, -0.05) is 0 Å². The van der Waals surface area contributed by atoms with E-state index in [4.69, 9.17) is 0 Å². The van der Waals surface area contributed by atoms with Crippen LogP contribution in [0, 0.1) is 0 Å². The van der Waals surface area contributed by atoms with Crippen LogP contribution in [0.2, 0.25) is 0 Å². The summed E-state index contributed by atoms with van der Waals surface area (Å²) in [5, 5.41) is 0. The normalized spacial score (nSPS) is 20.2. The maximum absolute atomic E-state index is 13.8.